The first-order valence-electron chi connectivity index (χ1n) is 5.92. The van der Waals surface area contributed by atoms with Gasteiger partial charge in [0.05, 0.1) is 0 Å². The van der Waals surface area contributed by atoms with E-state index in [9.17, 15) is 8.78 Å². The molecule has 1 N–H and O–H groups in total. The molecule has 1 atom stereocenters. The van der Waals surface area contributed by atoms with Crippen LogP contribution in [-0.2, 0) is 0 Å². The molecule has 0 fully saturated rings. The number of rotatable bonds is 7. The summed E-state index contributed by atoms with van der Waals surface area (Å²) in [5.74, 6) is 0.542. The Balaban J connectivity index is 2.81. The van der Waals surface area contributed by atoms with Gasteiger partial charge in [0, 0.05) is 11.6 Å². The predicted octanol–water partition coefficient (Wildman–Crippen LogP) is 3.39. The lowest BCUT2D eigenvalue weighted by molar-refractivity contribution is 0.0811. The van der Waals surface area contributed by atoms with Gasteiger partial charge in [-0.15, -0.1) is 0 Å². The Bertz CT molecular complexity index is 331. The van der Waals surface area contributed by atoms with Crippen molar-refractivity contribution in [2.45, 2.75) is 32.7 Å². The van der Waals surface area contributed by atoms with Gasteiger partial charge in [-0.1, -0.05) is 32.0 Å². The molecule has 0 amide bonds. The van der Waals surface area contributed by atoms with Gasteiger partial charge in [0.2, 0.25) is 0 Å². The lowest BCUT2D eigenvalue weighted by Gasteiger charge is -2.19. The van der Waals surface area contributed by atoms with Crippen molar-refractivity contribution in [2.75, 3.05) is 13.2 Å². The summed E-state index contributed by atoms with van der Waals surface area (Å²) in [5, 5.41) is 3.31. The minimum Gasteiger partial charge on any atom is -0.487 e. The van der Waals surface area contributed by atoms with E-state index in [0.29, 0.717) is 5.75 Å². The molecule has 0 aliphatic rings. The smallest absolute Gasteiger partial charge is 0.272 e. The minimum atomic E-state index is -2.44. The third-order valence-corrected chi connectivity index (χ3v) is 2.52. The summed E-state index contributed by atoms with van der Waals surface area (Å²) in [6.07, 6.45) is -1.55. The number of alkyl halides is 2. The summed E-state index contributed by atoms with van der Waals surface area (Å²) < 4.78 is 29.4. The second-order valence-corrected chi connectivity index (χ2v) is 3.76. The highest BCUT2D eigenvalue weighted by molar-refractivity contribution is 5.35. The van der Waals surface area contributed by atoms with E-state index in [0.717, 1.165) is 18.5 Å². The van der Waals surface area contributed by atoms with E-state index in [2.05, 4.69) is 12.2 Å². The zero-order valence-electron chi connectivity index (χ0n) is 10.2. The highest BCUT2D eigenvalue weighted by atomic mass is 19.3. The molecule has 0 saturated carbocycles. The zero-order valence-corrected chi connectivity index (χ0v) is 10.2. The van der Waals surface area contributed by atoms with E-state index in [4.69, 9.17) is 4.74 Å². The molecule has 1 aromatic carbocycles. The second-order valence-electron chi connectivity index (χ2n) is 3.76. The topological polar surface area (TPSA) is 21.3 Å². The first kappa shape index (κ1) is 13.9. The Morgan fingerprint density at radius 1 is 1.24 bits per heavy atom. The van der Waals surface area contributed by atoms with Crippen molar-refractivity contribution in [2.24, 2.45) is 0 Å². The largest absolute Gasteiger partial charge is 0.487 e. The van der Waals surface area contributed by atoms with Gasteiger partial charge in [0.1, 0.15) is 12.4 Å². The van der Waals surface area contributed by atoms with Gasteiger partial charge in [0.25, 0.3) is 6.43 Å². The van der Waals surface area contributed by atoms with E-state index >= 15 is 0 Å². The molecule has 0 aromatic heterocycles. The Morgan fingerprint density at radius 3 is 2.53 bits per heavy atom. The third kappa shape index (κ3) is 4.30. The van der Waals surface area contributed by atoms with Crippen LogP contribution in [0.2, 0.25) is 0 Å². The SMILES string of the molecule is CCNC(CC)c1ccccc1OCC(F)F. The molecule has 0 radical (unpaired) electrons. The van der Waals surface area contributed by atoms with E-state index in [1.165, 1.54) is 0 Å². The predicted molar refractivity (Wildman–Crippen MR) is 64.6 cm³/mol. The summed E-state index contributed by atoms with van der Waals surface area (Å²) in [4.78, 5) is 0. The summed E-state index contributed by atoms with van der Waals surface area (Å²) in [6.45, 7) is 4.35. The molecule has 96 valence electrons. The first-order valence-corrected chi connectivity index (χ1v) is 5.92. The molecule has 1 aromatic rings. The quantitative estimate of drug-likeness (QED) is 0.792. The lowest BCUT2D eigenvalue weighted by atomic mass is 10.0. The molecule has 0 spiro atoms. The number of para-hydroxylation sites is 1. The first-order chi connectivity index (χ1) is 8.19. The van der Waals surface area contributed by atoms with Crippen molar-refractivity contribution in [3.63, 3.8) is 0 Å². The number of halogens is 2. The van der Waals surface area contributed by atoms with Crippen LogP contribution in [0.15, 0.2) is 24.3 Å². The maximum atomic E-state index is 12.1. The fourth-order valence-corrected chi connectivity index (χ4v) is 1.77. The van der Waals surface area contributed by atoms with Crippen molar-refractivity contribution in [3.05, 3.63) is 29.8 Å². The molecule has 0 bridgehead atoms. The van der Waals surface area contributed by atoms with E-state index in [1.807, 2.05) is 19.1 Å². The van der Waals surface area contributed by atoms with Crippen LogP contribution >= 0.6 is 0 Å². The van der Waals surface area contributed by atoms with Gasteiger partial charge < -0.3 is 10.1 Å². The highest BCUT2D eigenvalue weighted by Gasteiger charge is 2.14. The molecule has 0 aliphatic carbocycles. The fraction of sp³-hybridized carbons (Fsp3) is 0.538. The maximum Gasteiger partial charge on any atom is 0.272 e. The normalized spacial score (nSPS) is 12.8. The molecule has 2 nitrogen and oxygen atoms in total. The standard InChI is InChI=1S/C13H19F2NO/c1-3-11(16-4-2)10-7-5-6-8-12(10)17-9-13(14)15/h5-8,11,13,16H,3-4,9H2,1-2H3. The average molecular weight is 243 g/mol. The molecule has 0 aliphatic heterocycles. The van der Waals surface area contributed by atoms with E-state index in [1.54, 1.807) is 12.1 Å². The van der Waals surface area contributed by atoms with E-state index in [-0.39, 0.29) is 6.04 Å². The van der Waals surface area contributed by atoms with Crippen LogP contribution in [-0.4, -0.2) is 19.6 Å². The summed E-state index contributed by atoms with van der Waals surface area (Å²) >= 11 is 0. The summed E-state index contributed by atoms with van der Waals surface area (Å²) in [5.41, 5.74) is 0.942. The number of benzene rings is 1. The number of nitrogens with one attached hydrogen (secondary N) is 1. The molecule has 0 heterocycles. The highest BCUT2D eigenvalue weighted by Crippen LogP contribution is 2.27. The van der Waals surface area contributed by atoms with Crippen molar-refractivity contribution in [3.8, 4) is 5.75 Å². The van der Waals surface area contributed by atoms with Crippen LogP contribution < -0.4 is 10.1 Å². The van der Waals surface area contributed by atoms with Crippen LogP contribution in [0.3, 0.4) is 0 Å². The molecule has 1 rings (SSSR count). The third-order valence-electron chi connectivity index (χ3n) is 2.52. The van der Waals surface area contributed by atoms with Crippen LogP contribution in [0.4, 0.5) is 8.78 Å². The Kier molecular flexibility index (Phi) is 5.91. The molecule has 0 saturated heterocycles. The van der Waals surface area contributed by atoms with Crippen molar-refractivity contribution in [1.82, 2.24) is 5.32 Å². The van der Waals surface area contributed by atoms with Crippen molar-refractivity contribution >= 4 is 0 Å². The number of hydrogen-bond donors (Lipinski definition) is 1. The molecule has 4 heteroatoms. The molecular weight excluding hydrogens is 224 g/mol. The van der Waals surface area contributed by atoms with E-state index < -0.39 is 13.0 Å². The number of ether oxygens (including phenoxy) is 1. The molecule has 1 unspecified atom stereocenters. The average Bonchev–Trinajstić information content (AvgIpc) is 2.34. The van der Waals surface area contributed by atoms with Gasteiger partial charge in [-0.05, 0) is 19.0 Å². The monoisotopic (exact) mass is 243 g/mol. The maximum absolute atomic E-state index is 12.1. The van der Waals surface area contributed by atoms with Crippen LogP contribution in [0.5, 0.6) is 5.75 Å². The summed E-state index contributed by atoms with van der Waals surface area (Å²) in [7, 11) is 0. The van der Waals surface area contributed by atoms with Crippen molar-refractivity contribution in [1.29, 1.82) is 0 Å². The van der Waals surface area contributed by atoms with Crippen LogP contribution in [0.1, 0.15) is 31.9 Å². The summed E-state index contributed by atoms with van der Waals surface area (Å²) in [6, 6.07) is 7.48. The van der Waals surface area contributed by atoms with Crippen LogP contribution in [0, 0.1) is 0 Å². The molecular formula is C13H19F2NO. The van der Waals surface area contributed by atoms with Gasteiger partial charge in [-0.25, -0.2) is 8.78 Å². The fourth-order valence-electron chi connectivity index (χ4n) is 1.77. The second kappa shape index (κ2) is 7.22. The van der Waals surface area contributed by atoms with Crippen molar-refractivity contribution < 1.29 is 13.5 Å². The van der Waals surface area contributed by atoms with Crippen LogP contribution in [0.25, 0.3) is 0 Å². The Labute approximate surface area is 101 Å². The lowest BCUT2D eigenvalue weighted by Crippen LogP contribution is -2.21. The van der Waals surface area contributed by atoms with Gasteiger partial charge in [-0.2, -0.15) is 0 Å². The van der Waals surface area contributed by atoms with Gasteiger partial charge in [0.15, 0.2) is 0 Å². The Morgan fingerprint density at radius 2 is 1.94 bits per heavy atom. The molecule has 17 heavy (non-hydrogen) atoms. The number of hydrogen-bond acceptors (Lipinski definition) is 2. The zero-order chi connectivity index (χ0) is 12.7. The Hall–Kier alpha value is -1.16. The van der Waals surface area contributed by atoms with Gasteiger partial charge >= 0.3 is 0 Å². The van der Waals surface area contributed by atoms with Gasteiger partial charge in [-0.3, -0.25) is 0 Å². The minimum absolute atomic E-state index is 0.147.